The van der Waals surface area contributed by atoms with Gasteiger partial charge in [-0.1, -0.05) is 11.6 Å². The molecule has 0 bridgehead atoms. The molecule has 0 atom stereocenters. The van der Waals surface area contributed by atoms with E-state index in [0.717, 1.165) is 5.56 Å². The molecule has 3 nitrogen and oxygen atoms in total. The highest BCUT2D eigenvalue weighted by Crippen LogP contribution is 2.22. The summed E-state index contributed by atoms with van der Waals surface area (Å²) in [5.41, 5.74) is 1.13. The van der Waals surface area contributed by atoms with Gasteiger partial charge in [0.1, 0.15) is 0 Å². The van der Waals surface area contributed by atoms with E-state index in [1.807, 2.05) is 19.1 Å². The maximum Gasteiger partial charge on any atom is 0.186 e. The zero-order valence-corrected chi connectivity index (χ0v) is 10.9. The number of rotatable bonds is 3. The highest BCUT2D eigenvalue weighted by molar-refractivity contribution is 6.30. The number of hydrogen-bond donors (Lipinski definition) is 1. The molecule has 1 aromatic carbocycles. The van der Waals surface area contributed by atoms with Crippen LogP contribution >= 0.6 is 11.6 Å². The highest BCUT2D eigenvalue weighted by atomic mass is 35.5. The van der Waals surface area contributed by atoms with Gasteiger partial charge in [0.2, 0.25) is 0 Å². The lowest BCUT2D eigenvalue weighted by Gasteiger charge is -2.08. The second-order valence-electron chi connectivity index (χ2n) is 3.83. The molecule has 2 aromatic rings. The third kappa shape index (κ3) is 2.59. The molecule has 1 N–H and O–H groups in total. The fraction of sp³-hybridized carbons (Fsp3) is 0.231. The molecule has 0 fully saturated rings. The van der Waals surface area contributed by atoms with Crippen LogP contribution in [0.4, 0.5) is 10.2 Å². The van der Waals surface area contributed by atoms with Gasteiger partial charge < -0.3 is 5.32 Å². The van der Waals surface area contributed by atoms with Crippen molar-refractivity contribution in [3.05, 3.63) is 40.8 Å². The van der Waals surface area contributed by atoms with E-state index in [-0.39, 0.29) is 5.82 Å². The van der Waals surface area contributed by atoms with Crippen molar-refractivity contribution in [2.24, 2.45) is 0 Å². The summed E-state index contributed by atoms with van der Waals surface area (Å²) in [6.45, 7) is 4.11. The van der Waals surface area contributed by atoms with Crippen molar-refractivity contribution in [1.82, 2.24) is 9.97 Å². The van der Waals surface area contributed by atoms with Crippen molar-refractivity contribution in [1.29, 1.82) is 0 Å². The van der Waals surface area contributed by atoms with Crippen molar-refractivity contribution in [2.45, 2.75) is 13.8 Å². The number of hydrogen-bond acceptors (Lipinski definition) is 3. The Morgan fingerprint density at radius 1 is 1.22 bits per heavy atom. The average Bonchev–Trinajstić information content (AvgIpc) is 2.36. The lowest BCUT2D eigenvalue weighted by Crippen LogP contribution is -2.06. The number of halogens is 2. The molecule has 0 aliphatic rings. The fourth-order valence-electron chi connectivity index (χ4n) is 1.57. The van der Waals surface area contributed by atoms with Crippen LogP contribution in [0.2, 0.25) is 5.02 Å². The SMILES string of the molecule is CCNc1nc(-c2ccc(Cl)cc2)nc(C)c1F. The zero-order valence-electron chi connectivity index (χ0n) is 10.2. The van der Waals surface area contributed by atoms with Crippen molar-refractivity contribution in [3.63, 3.8) is 0 Å². The predicted molar refractivity (Wildman–Crippen MR) is 71.3 cm³/mol. The monoisotopic (exact) mass is 265 g/mol. The summed E-state index contributed by atoms with van der Waals surface area (Å²) in [6, 6.07) is 7.13. The summed E-state index contributed by atoms with van der Waals surface area (Å²) >= 11 is 5.82. The molecule has 0 amide bonds. The lowest BCUT2D eigenvalue weighted by atomic mass is 10.2. The van der Waals surface area contributed by atoms with Gasteiger partial charge in [-0.25, -0.2) is 14.4 Å². The number of anilines is 1. The normalized spacial score (nSPS) is 10.4. The Labute approximate surface area is 110 Å². The smallest absolute Gasteiger partial charge is 0.186 e. The molecule has 1 heterocycles. The van der Waals surface area contributed by atoms with Gasteiger partial charge >= 0.3 is 0 Å². The Kier molecular flexibility index (Phi) is 3.77. The minimum Gasteiger partial charge on any atom is -0.368 e. The van der Waals surface area contributed by atoms with Crippen LogP contribution in [-0.4, -0.2) is 16.5 Å². The maximum atomic E-state index is 13.7. The van der Waals surface area contributed by atoms with Crippen LogP contribution in [0.1, 0.15) is 12.6 Å². The quantitative estimate of drug-likeness (QED) is 0.920. The van der Waals surface area contributed by atoms with Crippen LogP contribution in [0, 0.1) is 12.7 Å². The first-order valence-electron chi connectivity index (χ1n) is 5.65. The number of benzene rings is 1. The molecule has 0 saturated heterocycles. The molecular weight excluding hydrogens is 253 g/mol. The van der Waals surface area contributed by atoms with E-state index >= 15 is 0 Å². The topological polar surface area (TPSA) is 37.8 Å². The molecule has 0 unspecified atom stereocenters. The van der Waals surface area contributed by atoms with Crippen LogP contribution < -0.4 is 5.32 Å². The van der Waals surface area contributed by atoms with Crippen molar-refractivity contribution in [2.75, 3.05) is 11.9 Å². The van der Waals surface area contributed by atoms with Crippen LogP contribution in [-0.2, 0) is 0 Å². The number of aromatic nitrogens is 2. The lowest BCUT2D eigenvalue weighted by molar-refractivity contribution is 0.606. The first-order chi connectivity index (χ1) is 8.61. The summed E-state index contributed by atoms with van der Waals surface area (Å²) in [5.74, 6) is 0.311. The summed E-state index contributed by atoms with van der Waals surface area (Å²) in [6.07, 6.45) is 0. The minimum atomic E-state index is -0.408. The van der Waals surface area contributed by atoms with Crippen LogP contribution in [0.5, 0.6) is 0 Å². The molecule has 0 aliphatic heterocycles. The van der Waals surface area contributed by atoms with Gasteiger partial charge in [-0.3, -0.25) is 0 Å². The second kappa shape index (κ2) is 5.31. The minimum absolute atomic E-state index is 0.231. The van der Waals surface area contributed by atoms with E-state index < -0.39 is 5.82 Å². The zero-order chi connectivity index (χ0) is 13.1. The first-order valence-corrected chi connectivity index (χ1v) is 6.03. The molecule has 0 saturated carbocycles. The third-order valence-electron chi connectivity index (χ3n) is 2.46. The van der Waals surface area contributed by atoms with Gasteiger partial charge in [0, 0.05) is 17.1 Å². The largest absolute Gasteiger partial charge is 0.368 e. The molecule has 5 heteroatoms. The van der Waals surface area contributed by atoms with Gasteiger partial charge in [-0.2, -0.15) is 0 Å². The molecule has 0 radical (unpaired) electrons. The van der Waals surface area contributed by atoms with Gasteiger partial charge in [0.15, 0.2) is 17.5 Å². The Morgan fingerprint density at radius 3 is 2.50 bits per heavy atom. The van der Waals surface area contributed by atoms with Crippen LogP contribution in [0.15, 0.2) is 24.3 Å². The summed E-state index contributed by atoms with van der Waals surface area (Å²) < 4.78 is 13.7. The Morgan fingerprint density at radius 2 is 1.89 bits per heavy atom. The molecule has 2 rings (SSSR count). The molecular formula is C13H13ClFN3. The van der Waals surface area contributed by atoms with E-state index in [4.69, 9.17) is 11.6 Å². The number of nitrogens with zero attached hydrogens (tertiary/aromatic N) is 2. The second-order valence-corrected chi connectivity index (χ2v) is 4.27. The summed E-state index contributed by atoms with van der Waals surface area (Å²) in [5, 5.41) is 3.53. The van der Waals surface area contributed by atoms with Crippen LogP contribution in [0.25, 0.3) is 11.4 Å². The highest BCUT2D eigenvalue weighted by Gasteiger charge is 2.11. The van der Waals surface area contributed by atoms with E-state index in [9.17, 15) is 4.39 Å². The van der Waals surface area contributed by atoms with Crippen molar-refractivity contribution < 1.29 is 4.39 Å². The van der Waals surface area contributed by atoms with Crippen molar-refractivity contribution in [3.8, 4) is 11.4 Å². The Bertz CT molecular complexity index is 555. The maximum absolute atomic E-state index is 13.7. The van der Waals surface area contributed by atoms with Gasteiger partial charge in [0.25, 0.3) is 0 Å². The number of nitrogens with one attached hydrogen (secondary N) is 1. The average molecular weight is 266 g/mol. The molecule has 94 valence electrons. The van der Waals surface area contributed by atoms with E-state index in [0.29, 0.717) is 23.1 Å². The first kappa shape index (κ1) is 12.8. The van der Waals surface area contributed by atoms with Crippen LogP contribution in [0.3, 0.4) is 0 Å². The summed E-state index contributed by atoms with van der Waals surface area (Å²) in [4.78, 5) is 8.33. The predicted octanol–water partition coefficient (Wildman–Crippen LogP) is 3.68. The Balaban J connectivity index is 2.48. The van der Waals surface area contributed by atoms with Gasteiger partial charge in [0.05, 0.1) is 5.69 Å². The molecule has 0 aliphatic carbocycles. The van der Waals surface area contributed by atoms with E-state index in [1.54, 1.807) is 19.1 Å². The van der Waals surface area contributed by atoms with Crippen molar-refractivity contribution >= 4 is 17.4 Å². The van der Waals surface area contributed by atoms with E-state index in [1.165, 1.54) is 0 Å². The summed E-state index contributed by atoms with van der Waals surface area (Å²) in [7, 11) is 0. The van der Waals surface area contributed by atoms with E-state index in [2.05, 4.69) is 15.3 Å². The Hall–Kier alpha value is -1.68. The molecule has 1 aromatic heterocycles. The standard InChI is InChI=1S/C13H13ClFN3/c1-3-16-13-11(15)8(2)17-12(18-13)9-4-6-10(14)7-5-9/h4-7H,3H2,1-2H3,(H,16,17,18). The van der Waals surface area contributed by atoms with Gasteiger partial charge in [-0.15, -0.1) is 0 Å². The third-order valence-corrected chi connectivity index (χ3v) is 2.72. The fourth-order valence-corrected chi connectivity index (χ4v) is 1.70. The van der Waals surface area contributed by atoms with Gasteiger partial charge in [-0.05, 0) is 38.1 Å². The molecule has 0 spiro atoms. The number of aryl methyl sites for hydroxylation is 1. The molecule has 18 heavy (non-hydrogen) atoms.